The second kappa shape index (κ2) is 8.58. The molecule has 0 radical (unpaired) electrons. The third kappa shape index (κ3) is 8.32. The molecule has 0 spiro atoms. The molecule has 13 heavy (non-hydrogen) atoms. The molecular formula is C11H22ClN. The molecule has 0 aliphatic carbocycles. The Morgan fingerprint density at radius 3 is 2.46 bits per heavy atom. The van der Waals surface area contributed by atoms with Crippen LogP contribution in [0.2, 0.25) is 0 Å². The first-order chi connectivity index (χ1) is 6.20. The lowest BCUT2D eigenvalue weighted by atomic mass is 10.1. The lowest BCUT2D eigenvalue weighted by Gasteiger charge is -2.17. The van der Waals surface area contributed by atoms with E-state index in [1.165, 1.54) is 32.1 Å². The third-order valence-electron chi connectivity index (χ3n) is 2.13. The summed E-state index contributed by atoms with van der Waals surface area (Å²) in [6.45, 7) is 8.86. The standard InChI is InChI=1S/C11H22ClN/c1-4-6-8-11(7-5-2)13-9-10(3)12/h11,13H,3-9H2,1-2H3. The average molecular weight is 204 g/mol. The maximum atomic E-state index is 5.70. The Hall–Kier alpha value is -0.0100. The van der Waals surface area contributed by atoms with E-state index < -0.39 is 0 Å². The fraction of sp³-hybridized carbons (Fsp3) is 0.818. The van der Waals surface area contributed by atoms with Crippen LogP contribution in [0.25, 0.3) is 0 Å². The summed E-state index contributed by atoms with van der Waals surface area (Å²) in [6.07, 6.45) is 6.30. The smallest absolute Gasteiger partial charge is 0.0310 e. The minimum atomic E-state index is 0.625. The van der Waals surface area contributed by atoms with Crippen LogP contribution in [0.15, 0.2) is 11.6 Å². The summed E-state index contributed by atoms with van der Waals surface area (Å²) >= 11 is 5.70. The Morgan fingerprint density at radius 1 is 1.31 bits per heavy atom. The van der Waals surface area contributed by atoms with Crippen LogP contribution in [0.1, 0.15) is 46.0 Å². The van der Waals surface area contributed by atoms with Gasteiger partial charge < -0.3 is 5.32 Å². The van der Waals surface area contributed by atoms with E-state index in [4.69, 9.17) is 11.6 Å². The molecule has 0 aromatic heterocycles. The second-order valence-corrected chi connectivity index (χ2v) is 4.06. The van der Waals surface area contributed by atoms with Gasteiger partial charge in [0.15, 0.2) is 0 Å². The first kappa shape index (κ1) is 13.0. The monoisotopic (exact) mass is 203 g/mol. The predicted molar refractivity (Wildman–Crippen MR) is 61.2 cm³/mol. The van der Waals surface area contributed by atoms with Crippen molar-refractivity contribution in [3.63, 3.8) is 0 Å². The number of unbranched alkanes of at least 4 members (excludes halogenated alkanes) is 1. The van der Waals surface area contributed by atoms with Crippen LogP contribution < -0.4 is 5.32 Å². The summed E-state index contributed by atoms with van der Waals surface area (Å²) in [5.41, 5.74) is 0. The van der Waals surface area contributed by atoms with E-state index in [2.05, 4.69) is 25.7 Å². The lowest BCUT2D eigenvalue weighted by Crippen LogP contribution is -2.29. The van der Waals surface area contributed by atoms with Gasteiger partial charge in [-0.3, -0.25) is 0 Å². The van der Waals surface area contributed by atoms with Gasteiger partial charge in [0.05, 0.1) is 0 Å². The molecule has 2 heteroatoms. The van der Waals surface area contributed by atoms with Crippen molar-refractivity contribution in [1.29, 1.82) is 0 Å². The van der Waals surface area contributed by atoms with Gasteiger partial charge in [-0.2, -0.15) is 0 Å². The van der Waals surface area contributed by atoms with E-state index in [-0.39, 0.29) is 0 Å². The fourth-order valence-electron chi connectivity index (χ4n) is 1.40. The Labute approximate surface area is 87.6 Å². The third-order valence-corrected chi connectivity index (χ3v) is 2.26. The van der Waals surface area contributed by atoms with E-state index >= 15 is 0 Å². The molecule has 0 aromatic rings. The Balaban J connectivity index is 3.59. The summed E-state index contributed by atoms with van der Waals surface area (Å²) < 4.78 is 0. The quantitative estimate of drug-likeness (QED) is 0.635. The number of hydrogen-bond acceptors (Lipinski definition) is 1. The SMILES string of the molecule is C=C(Cl)CNC(CCC)CCCC. The molecular weight excluding hydrogens is 182 g/mol. The van der Waals surface area contributed by atoms with Crippen LogP contribution >= 0.6 is 11.6 Å². The molecule has 0 saturated carbocycles. The molecule has 1 nitrogen and oxygen atoms in total. The van der Waals surface area contributed by atoms with Gasteiger partial charge in [-0.05, 0) is 12.8 Å². The van der Waals surface area contributed by atoms with Crippen LogP contribution in [0.5, 0.6) is 0 Å². The molecule has 0 aromatic carbocycles. The summed E-state index contributed by atoms with van der Waals surface area (Å²) in [6, 6.07) is 0.625. The first-order valence-corrected chi connectivity index (χ1v) is 5.65. The van der Waals surface area contributed by atoms with Crippen molar-refractivity contribution < 1.29 is 0 Å². The Kier molecular flexibility index (Phi) is 8.58. The summed E-state index contributed by atoms with van der Waals surface area (Å²) in [5.74, 6) is 0. The summed E-state index contributed by atoms with van der Waals surface area (Å²) in [5, 5.41) is 4.13. The van der Waals surface area contributed by atoms with Gasteiger partial charge in [-0.25, -0.2) is 0 Å². The lowest BCUT2D eigenvalue weighted by molar-refractivity contribution is 0.452. The minimum Gasteiger partial charge on any atom is -0.309 e. The molecule has 0 bridgehead atoms. The highest BCUT2D eigenvalue weighted by molar-refractivity contribution is 6.29. The van der Waals surface area contributed by atoms with Gasteiger partial charge in [0.25, 0.3) is 0 Å². The van der Waals surface area contributed by atoms with Crippen molar-refractivity contribution in [3.8, 4) is 0 Å². The summed E-state index contributed by atoms with van der Waals surface area (Å²) in [7, 11) is 0. The van der Waals surface area contributed by atoms with Crippen LogP contribution in [0, 0.1) is 0 Å². The van der Waals surface area contributed by atoms with Crippen LogP contribution in [-0.4, -0.2) is 12.6 Å². The molecule has 1 N–H and O–H groups in total. The molecule has 0 saturated heterocycles. The maximum Gasteiger partial charge on any atom is 0.0310 e. The number of halogens is 1. The Morgan fingerprint density at radius 2 is 2.00 bits per heavy atom. The van der Waals surface area contributed by atoms with Crippen LogP contribution in [-0.2, 0) is 0 Å². The van der Waals surface area contributed by atoms with Crippen LogP contribution in [0.3, 0.4) is 0 Å². The van der Waals surface area contributed by atoms with Gasteiger partial charge in [0, 0.05) is 17.6 Å². The van der Waals surface area contributed by atoms with Crippen molar-refractivity contribution >= 4 is 11.6 Å². The van der Waals surface area contributed by atoms with E-state index in [0.29, 0.717) is 11.1 Å². The molecule has 0 rings (SSSR count). The Bertz CT molecular complexity index is 134. The first-order valence-electron chi connectivity index (χ1n) is 5.27. The second-order valence-electron chi connectivity index (χ2n) is 3.53. The largest absolute Gasteiger partial charge is 0.309 e. The molecule has 1 atom stereocenters. The van der Waals surface area contributed by atoms with Crippen molar-refractivity contribution in [3.05, 3.63) is 11.6 Å². The highest BCUT2D eigenvalue weighted by atomic mass is 35.5. The molecule has 0 amide bonds. The van der Waals surface area contributed by atoms with Gasteiger partial charge >= 0.3 is 0 Å². The van der Waals surface area contributed by atoms with E-state index in [0.717, 1.165) is 6.54 Å². The number of nitrogens with one attached hydrogen (secondary N) is 1. The molecule has 1 unspecified atom stereocenters. The van der Waals surface area contributed by atoms with Crippen molar-refractivity contribution in [1.82, 2.24) is 5.32 Å². The highest BCUT2D eigenvalue weighted by Crippen LogP contribution is 2.07. The van der Waals surface area contributed by atoms with Gasteiger partial charge in [-0.1, -0.05) is 51.3 Å². The summed E-state index contributed by atoms with van der Waals surface area (Å²) in [4.78, 5) is 0. The minimum absolute atomic E-state index is 0.625. The van der Waals surface area contributed by atoms with Crippen molar-refractivity contribution in [2.24, 2.45) is 0 Å². The zero-order valence-corrected chi connectivity index (χ0v) is 9.66. The molecule has 0 aliphatic heterocycles. The van der Waals surface area contributed by atoms with Gasteiger partial charge in [-0.15, -0.1) is 0 Å². The molecule has 0 aliphatic rings. The molecule has 78 valence electrons. The van der Waals surface area contributed by atoms with Gasteiger partial charge in [0.1, 0.15) is 0 Å². The zero-order chi connectivity index (χ0) is 10.1. The molecule has 0 heterocycles. The number of hydrogen-bond donors (Lipinski definition) is 1. The topological polar surface area (TPSA) is 12.0 Å². The van der Waals surface area contributed by atoms with Gasteiger partial charge in [0.2, 0.25) is 0 Å². The average Bonchev–Trinajstić information content (AvgIpc) is 2.09. The van der Waals surface area contributed by atoms with Crippen molar-refractivity contribution in [2.75, 3.05) is 6.54 Å². The predicted octanol–water partition coefficient (Wildman–Crippen LogP) is 3.69. The zero-order valence-electron chi connectivity index (χ0n) is 8.91. The number of rotatable bonds is 8. The van der Waals surface area contributed by atoms with E-state index in [9.17, 15) is 0 Å². The molecule has 0 fully saturated rings. The van der Waals surface area contributed by atoms with E-state index in [1.807, 2.05) is 0 Å². The highest BCUT2D eigenvalue weighted by Gasteiger charge is 2.05. The van der Waals surface area contributed by atoms with Crippen molar-refractivity contribution in [2.45, 2.75) is 52.0 Å². The van der Waals surface area contributed by atoms with Crippen LogP contribution in [0.4, 0.5) is 0 Å². The van der Waals surface area contributed by atoms with E-state index in [1.54, 1.807) is 0 Å². The normalized spacial score (nSPS) is 12.8. The fourth-order valence-corrected chi connectivity index (χ4v) is 1.48. The maximum absolute atomic E-state index is 5.70.